The largest absolute Gasteiger partial charge is 0.503 e. The van der Waals surface area contributed by atoms with Gasteiger partial charge in [-0.25, -0.2) is 0 Å². The second-order valence-corrected chi connectivity index (χ2v) is 8.03. The molecular formula is C17H26BNO2. The maximum absolute atomic E-state index is 6.63. The summed E-state index contributed by atoms with van der Waals surface area (Å²) in [6, 6.07) is 6.49. The number of nitrogens with zero attached hydrogens (tertiary/aromatic N) is 1. The zero-order valence-electron chi connectivity index (χ0n) is 14.1. The van der Waals surface area contributed by atoms with Crippen LogP contribution in [0.4, 0.5) is 0 Å². The van der Waals surface area contributed by atoms with Crippen LogP contribution in [0.5, 0.6) is 0 Å². The van der Waals surface area contributed by atoms with Crippen LogP contribution in [0.1, 0.15) is 38.8 Å². The standard InChI is InChI=1S/C17H26BNO2/c1-8-13-9-10-14-12-19(6,7)18(15(14)11-13)20-16(2,3)17(4,5)21-18/h8-11H,1,12H2,2-7H3. The van der Waals surface area contributed by atoms with E-state index in [1.807, 2.05) is 6.08 Å². The molecule has 3 rings (SSSR count). The van der Waals surface area contributed by atoms with Crippen molar-refractivity contribution in [2.75, 3.05) is 14.1 Å². The number of hydrogen-bond donors (Lipinski definition) is 0. The summed E-state index contributed by atoms with van der Waals surface area (Å²) in [4.78, 5) is 0. The van der Waals surface area contributed by atoms with Crippen molar-refractivity contribution in [2.24, 2.45) is 0 Å². The molecule has 0 N–H and O–H groups in total. The van der Waals surface area contributed by atoms with Gasteiger partial charge in [-0.3, -0.25) is 0 Å². The quantitative estimate of drug-likeness (QED) is 0.739. The Morgan fingerprint density at radius 2 is 1.71 bits per heavy atom. The van der Waals surface area contributed by atoms with Crippen molar-refractivity contribution < 1.29 is 13.7 Å². The zero-order chi connectivity index (χ0) is 15.7. The number of quaternary nitrogens is 1. The second-order valence-electron chi connectivity index (χ2n) is 8.03. The second kappa shape index (κ2) is 4.00. The lowest BCUT2D eigenvalue weighted by atomic mass is 9.62. The van der Waals surface area contributed by atoms with E-state index < -0.39 is 6.69 Å². The molecule has 2 heterocycles. The van der Waals surface area contributed by atoms with Gasteiger partial charge in [-0.05, 0) is 38.8 Å². The summed E-state index contributed by atoms with van der Waals surface area (Å²) < 4.78 is 14.0. The maximum Gasteiger partial charge on any atom is 0.503 e. The molecule has 4 heteroatoms. The highest BCUT2D eigenvalue weighted by Crippen LogP contribution is 2.47. The molecule has 3 nitrogen and oxygen atoms in total. The Kier molecular flexibility index (Phi) is 2.83. The van der Waals surface area contributed by atoms with E-state index in [-0.39, 0.29) is 11.2 Å². The number of benzene rings is 1. The molecule has 2 aliphatic rings. The third-order valence-corrected chi connectivity index (χ3v) is 5.66. The van der Waals surface area contributed by atoms with Gasteiger partial charge in [0.1, 0.15) is 0 Å². The van der Waals surface area contributed by atoms with Crippen LogP contribution in [0.2, 0.25) is 0 Å². The number of rotatable bonds is 1. The molecule has 0 radical (unpaired) electrons. The molecule has 0 unspecified atom stereocenters. The van der Waals surface area contributed by atoms with Gasteiger partial charge in [0.15, 0.2) is 0 Å². The lowest BCUT2D eigenvalue weighted by molar-refractivity contribution is -0.816. The van der Waals surface area contributed by atoms with Gasteiger partial charge in [0, 0.05) is 25.3 Å². The predicted octanol–water partition coefficient (Wildman–Crippen LogP) is 2.67. The van der Waals surface area contributed by atoms with Gasteiger partial charge in [-0.1, -0.05) is 36.3 Å². The molecule has 0 saturated carbocycles. The first-order chi connectivity index (χ1) is 9.55. The van der Waals surface area contributed by atoms with Crippen LogP contribution in [0, 0.1) is 0 Å². The van der Waals surface area contributed by atoms with Gasteiger partial charge in [0.25, 0.3) is 0 Å². The first-order valence-corrected chi connectivity index (χ1v) is 7.68. The molecule has 0 atom stereocenters. The molecule has 0 aliphatic carbocycles. The van der Waals surface area contributed by atoms with Gasteiger partial charge in [-0.15, -0.1) is 0 Å². The zero-order valence-corrected chi connectivity index (χ0v) is 14.1. The summed E-state index contributed by atoms with van der Waals surface area (Å²) in [6.45, 7) is 11.8. The summed E-state index contributed by atoms with van der Waals surface area (Å²) in [5.74, 6) is 0. The molecule has 0 bridgehead atoms. The fourth-order valence-corrected chi connectivity index (χ4v) is 3.68. The van der Waals surface area contributed by atoms with Crippen LogP contribution in [0.25, 0.3) is 6.08 Å². The minimum absolute atomic E-state index is 0.325. The Labute approximate surface area is 128 Å². The van der Waals surface area contributed by atoms with Crippen molar-refractivity contribution in [2.45, 2.75) is 45.4 Å². The Morgan fingerprint density at radius 3 is 2.24 bits per heavy atom. The SMILES string of the molecule is C=Cc1ccc2c(c1)[B-]1(OC(C)(C)C(C)(C)O1)[N+](C)(C)C2. The van der Waals surface area contributed by atoms with Crippen molar-refractivity contribution in [1.82, 2.24) is 0 Å². The van der Waals surface area contributed by atoms with E-state index in [0.717, 1.165) is 12.1 Å². The van der Waals surface area contributed by atoms with Crippen molar-refractivity contribution in [3.8, 4) is 0 Å². The average Bonchev–Trinajstić information content (AvgIpc) is 2.68. The first kappa shape index (κ1) is 14.8. The summed E-state index contributed by atoms with van der Waals surface area (Å²) in [7, 11) is 4.40. The Morgan fingerprint density at radius 1 is 1.14 bits per heavy atom. The molecular weight excluding hydrogens is 261 g/mol. The summed E-state index contributed by atoms with van der Waals surface area (Å²) in [5.41, 5.74) is 2.99. The van der Waals surface area contributed by atoms with E-state index in [9.17, 15) is 0 Å². The van der Waals surface area contributed by atoms with E-state index in [1.54, 1.807) is 0 Å². The van der Waals surface area contributed by atoms with Gasteiger partial charge in [0.2, 0.25) is 0 Å². The van der Waals surface area contributed by atoms with E-state index in [1.165, 1.54) is 11.0 Å². The van der Waals surface area contributed by atoms with E-state index in [2.05, 4.69) is 66.6 Å². The molecule has 1 saturated heterocycles. The highest BCUT2D eigenvalue weighted by Gasteiger charge is 2.65. The van der Waals surface area contributed by atoms with Gasteiger partial charge < -0.3 is 13.7 Å². The van der Waals surface area contributed by atoms with Gasteiger partial charge in [0.05, 0.1) is 6.54 Å². The first-order valence-electron chi connectivity index (χ1n) is 7.68. The average molecular weight is 287 g/mol. The minimum atomic E-state index is -1.55. The van der Waals surface area contributed by atoms with E-state index in [0.29, 0.717) is 4.39 Å². The number of fused-ring (bicyclic) bond motifs is 2. The van der Waals surface area contributed by atoms with E-state index >= 15 is 0 Å². The molecule has 2 aliphatic heterocycles. The van der Waals surface area contributed by atoms with Crippen LogP contribution < -0.4 is 5.46 Å². The van der Waals surface area contributed by atoms with Crippen LogP contribution in [0.15, 0.2) is 24.8 Å². The van der Waals surface area contributed by atoms with Gasteiger partial charge in [-0.2, -0.15) is 0 Å². The summed E-state index contributed by atoms with van der Waals surface area (Å²) in [6.07, 6.45) is 1.88. The Balaban J connectivity index is 2.22. The molecule has 0 amide bonds. The fraction of sp³-hybridized carbons (Fsp3) is 0.529. The monoisotopic (exact) mass is 287 g/mol. The smallest absolute Gasteiger partial charge is 0.503 e. The predicted molar refractivity (Wildman–Crippen MR) is 88.1 cm³/mol. The van der Waals surface area contributed by atoms with Crippen molar-refractivity contribution in [3.63, 3.8) is 0 Å². The summed E-state index contributed by atoms with van der Waals surface area (Å²) >= 11 is 0. The third kappa shape index (κ3) is 1.79. The van der Waals surface area contributed by atoms with Gasteiger partial charge >= 0.3 is 6.69 Å². The van der Waals surface area contributed by atoms with Crippen LogP contribution in [-0.4, -0.2) is 36.4 Å². The molecule has 114 valence electrons. The maximum atomic E-state index is 6.63. The molecule has 1 aromatic rings. The highest BCUT2D eigenvalue weighted by atomic mass is 16.7. The fourth-order valence-electron chi connectivity index (χ4n) is 3.68. The normalized spacial score (nSPS) is 26.8. The Bertz CT molecular complexity index is 603. The molecule has 21 heavy (non-hydrogen) atoms. The third-order valence-electron chi connectivity index (χ3n) is 5.66. The molecule has 1 fully saturated rings. The molecule has 1 spiro atoms. The highest BCUT2D eigenvalue weighted by molar-refractivity contribution is 6.76. The minimum Gasteiger partial charge on any atom is -0.503 e. The van der Waals surface area contributed by atoms with Crippen molar-refractivity contribution in [1.29, 1.82) is 0 Å². The number of hydrogen-bond acceptors (Lipinski definition) is 2. The lowest BCUT2D eigenvalue weighted by Crippen LogP contribution is -2.68. The summed E-state index contributed by atoms with van der Waals surface area (Å²) in [5, 5.41) is 0. The molecule has 1 aromatic carbocycles. The Hall–Kier alpha value is -1.10. The molecule has 0 aromatic heterocycles. The van der Waals surface area contributed by atoms with Crippen molar-refractivity contribution >= 4 is 18.2 Å². The topological polar surface area (TPSA) is 18.5 Å². The van der Waals surface area contributed by atoms with Crippen molar-refractivity contribution in [3.05, 3.63) is 35.9 Å². The van der Waals surface area contributed by atoms with Crippen LogP contribution in [-0.2, 0) is 15.9 Å². The van der Waals surface area contributed by atoms with E-state index in [4.69, 9.17) is 9.31 Å². The lowest BCUT2D eigenvalue weighted by Gasteiger charge is -2.47. The van der Waals surface area contributed by atoms with Crippen LogP contribution >= 0.6 is 0 Å². The van der Waals surface area contributed by atoms with Crippen LogP contribution in [0.3, 0.4) is 0 Å².